The zero-order valence-corrected chi connectivity index (χ0v) is 14.5. The van der Waals surface area contributed by atoms with Crippen LogP contribution in [0.15, 0.2) is 24.4 Å². The first kappa shape index (κ1) is 16.0. The summed E-state index contributed by atoms with van der Waals surface area (Å²) >= 11 is 1.66. The maximum absolute atomic E-state index is 12.8. The van der Waals surface area contributed by atoms with E-state index in [2.05, 4.69) is 11.1 Å². The summed E-state index contributed by atoms with van der Waals surface area (Å²) in [5.41, 5.74) is 2.15. The maximum atomic E-state index is 12.8. The number of thiophene rings is 1. The van der Waals surface area contributed by atoms with Crippen LogP contribution in [-0.4, -0.2) is 25.0 Å². The summed E-state index contributed by atoms with van der Waals surface area (Å²) in [5.74, 6) is 0.586. The Morgan fingerprint density at radius 1 is 1.22 bits per heavy atom. The van der Waals surface area contributed by atoms with Gasteiger partial charge in [0.05, 0.1) is 23.9 Å². The van der Waals surface area contributed by atoms with Gasteiger partial charge in [0.2, 0.25) is 5.88 Å². The monoisotopic (exact) mass is 330 g/mol. The molecule has 4 nitrogen and oxygen atoms in total. The first-order valence-electron chi connectivity index (χ1n) is 8.08. The minimum absolute atomic E-state index is 0.0358. The van der Waals surface area contributed by atoms with Crippen LogP contribution >= 0.6 is 11.3 Å². The predicted octanol–water partition coefficient (Wildman–Crippen LogP) is 4.09. The number of hydrogen-bond acceptors (Lipinski definition) is 4. The van der Waals surface area contributed by atoms with E-state index >= 15 is 0 Å². The number of hydrogen-bond donors (Lipinski definition) is 0. The van der Waals surface area contributed by atoms with E-state index in [4.69, 9.17) is 4.74 Å². The Hall–Kier alpha value is -1.88. The molecule has 5 heteroatoms. The van der Waals surface area contributed by atoms with Gasteiger partial charge in [0.1, 0.15) is 0 Å². The number of ether oxygens (including phenoxy) is 1. The van der Waals surface area contributed by atoms with E-state index < -0.39 is 0 Å². The number of pyridine rings is 1. The van der Waals surface area contributed by atoms with Crippen molar-refractivity contribution < 1.29 is 9.53 Å². The fraction of sp³-hybridized carbons (Fsp3) is 0.444. The fourth-order valence-corrected chi connectivity index (χ4v) is 4.15. The predicted molar refractivity (Wildman–Crippen MR) is 93.7 cm³/mol. The molecule has 23 heavy (non-hydrogen) atoms. The highest BCUT2D eigenvalue weighted by Crippen LogP contribution is 2.30. The number of aromatic nitrogens is 1. The van der Waals surface area contributed by atoms with E-state index in [9.17, 15) is 4.79 Å². The van der Waals surface area contributed by atoms with Crippen LogP contribution in [0.4, 0.5) is 5.69 Å². The summed E-state index contributed by atoms with van der Waals surface area (Å²) < 4.78 is 5.06. The summed E-state index contributed by atoms with van der Waals surface area (Å²) in [6.07, 6.45) is 8.96. The molecule has 1 aliphatic rings. The summed E-state index contributed by atoms with van der Waals surface area (Å²) in [6.45, 7) is 0. The van der Waals surface area contributed by atoms with Gasteiger partial charge in [-0.3, -0.25) is 4.79 Å². The molecule has 0 aliphatic heterocycles. The largest absolute Gasteiger partial charge is 0.481 e. The quantitative estimate of drug-likeness (QED) is 0.851. The van der Waals surface area contributed by atoms with Crippen molar-refractivity contribution in [1.29, 1.82) is 0 Å². The molecule has 0 N–H and O–H groups in total. The number of aryl methyl sites for hydroxylation is 2. The lowest BCUT2D eigenvalue weighted by atomic mass is 10.00. The van der Waals surface area contributed by atoms with Crippen molar-refractivity contribution in [2.24, 2.45) is 0 Å². The topological polar surface area (TPSA) is 42.4 Å². The van der Waals surface area contributed by atoms with Gasteiger partial charge in [-0.25, -0.2) is 4.98 Å². The second kappa shape index (κ2) is 7.13. The third kappa shape index (κ3) is 3.55. The molecule has 0 spiro atoms. The average molecular weight is 330 g/mol. The van der Waals surface area contributed by atoms with Gasteiger partial charge in [-0.1, -0.05) is 12.8 Å². The molecule has 0 bridgehead atoms. The van der Waals surface area contributed by atoms with Gasteiger partial charge in [-0.2, -0.15) is 0 Å². The molecule has 2 aromatic rings. The lowest BCUT2D eigenvalue weighted by Gasteiger charge is -2.16. The van der Waals surface area contributed by atoms with Crippen molar-refractivity contribution in [2.75, 3.05) is 19.1 Å². The highest BCUT2D eigenvalue weighted by Gasteiger charge is 2.19. The second-order valence-corrected chi connectivity index (χ2v) is 7.03. The Kier molecular flexibility index (Phi) is 4.96. The van der Waals surface area contributed by atoms with Crippen LogP contribution in [0.1, 0.15) is 45.8 Å². The molecule has 0 saturated heterocycles. The molecule has 0 unspecified atom stereocenters. The van der Waals surface area contributed by atoms with E-state index in [1.807, 2.05) is 6.07 Å². The maximum Gasteiger partial charge on any atom is 0.268 e. The molecule has 0 saturated carbocycles. The van der Waals surface area contributed by atoms with Crippen LogP contribution in [0.25, 0.3) is 0 Å². The lowest BCUT2D eigenvalue weighted by Crippen LogP contribution is -2.25. The molecular formula is C18H22N2O2S. The molecule has 2 heterocycles. The van der Waals surface area contributed by atoms with E-state index in [0.717, 1.165) is 23.4 Å². The van der Waals surface area contributed by atoms with Gasteiger partial charge in [0.25, 0.3) is 5.91 Å². The number of fused-ring (bicyclic) bond motifs is 1. The molecule has 1 amide bonds. The van der Waals surface area contributed by atoms with E-state index in [1.165, 1.54) is 36.1 Å². The van der Waals surface area contributed by atoms with Crippen LogP contribution in [0.5, 0.6) is 5.88 Å². The fourth-order valence-electron chi connectivity index (χ4n) is 2.92. The zero-order chi connectivity index (χ0) is 16.2. The number of rotatable bonds is 3. The third-order valence-corrected chi connectivity index (χ3v) is 5.55. The molecule has 0 atom stereocenters. The van der Waals surface area contributed by atoms with Gasteiger partial charge >= 0.3 is 0 Å². The van der Waals surface area contributed by atoms with E-state index in [1.54, 1.807) is 42.7 Å². The van der Waals surface area contributed by atoms with Crippen LogP contribution in [0, 0.1) is 0 Å². The second-order valence-electron chi connectivity index (χ2n) is 5.90. The third-order valence-electron chi connectivity index (χ3n) is 4.33. The molecule has 0 radical (unpaired) electrons. The highest BCUT2D eigenvalue weighted by atomic mass is 32.1. The summed E-state index contributed by atoms with van der Waals surface area (Å²) in [4.78, 5) is 20.8. The Balaban J connectivity index is 1.80. The number of carbonyl (C=O) groups is 1. The summed E-state index contributed by atoms with van der Waals surface area (Å²) in [7, 11) is 3.38. The zero-order valence-electron chi connectivity index (χ0n) is 13.7. The van der Waals surface area contributed by atoms with Gasteiger partial charge in [-0.15, -0.1) is 11.3 Å². The Bertz CT molecular complexity index is 653. The van der Waals surface area contributed by atoms with E-state index in [-0.39, 0.29) is 5.91 Å². The molecule has 0 aromatic carbocycles. The van der Waals surface area contributed by atoms with Gasteiger partial charge in [0.15, 0.2) is 0 Å². The summed E-state index contributed by atoms with van der Waals surface area (Å²) in [6, 6.07) is 5.72. The number of carbonyl (C=O) groups excluding carboxylic acids is 1. The van der Waals surface area contributed by atoms with Crippen LogP contribution in [0.2, 0.25) is 0 Å². The minimum Gasteiger partial charge on any atom is -0.481 e. The molecule has 2 aromatic heterocycles. The lowest BCUT2D eigenvalue weighted by molar-refractivity contribution is 0.0996. The Labute approximate surface area is 141 Å². The first-order chi connectivity index (χ1) is 11.2. The standard InChI is InChI=1S/C18H22N2O2S/c1-20(14-9-10-17(22-2)19-12-14)18(21)16-11-13-7-5-3-4-6-8-15(13)23-16/h9-12H,3-8H2,1-2H3. The van der Waals surface area contributed by atoms with Gasteiger partial charge in [-0.05, 0) is 43.4 Å². The molecule has 1 aliphatic carbocycles. The van der Waals surface area contributed by atoms with Crippen molar-refractivity contribution in [2.45, 2.75) is 38.5 Å². The summed E-state index contributed by atoms with van der Waals surface area (Å²) in [5, 5.41) is 0. The average Bonchev–Trinajstić information content (AvgIpc) is 2.95. The number of nitrogens with zero attached hydrogens (tertiary/aromatic N) is 2. The van der Waals surface area contributed by atoms with E-state index in [0.29, 0.717) is 5.88 Å². The van der Waals surface area contributed by atoms with Crippen LogP contribution in [0.3, 0.4) is 0 Å². The number of methoxy groups -OCH3 is 1. The van der Waals surface area contributed by atoms with Crippen molar-refractivity contribution in [3.05, 3.63) is 39.7 Å². The molecule has 122 valence electrons. The highest BCUT2D eigenvalue weighted by molar-refractivity contribution is 7.14. The SMILES string of the molecule is COc1ccc(N(C)C(=O)c2cc3c(s2)CCCCCC3)cn1. The Morgan fingerprint density at radius 3 is 2.70 bits per heavy atom. The van der Waals surface area contributed by atoms with Crippen molar-refractivity contribution in [1.82, 2.24) is 4.98 Å². The smallest absolute Gasteiger partial charge is 0.268 e. The molecule has 3 rings (SSSR count). The molecule has 0 fully saturated rings. The van der Waals surface area contributed by atoms with Crippen LogP contribution < -0.4 is 9.64 Å². The normalized spacial score (nSPS) is 14.5. The first-order valence-corrected chi connectivity index (χ1v) is 8.90. The van der Waals surface area contributed by atoms with Crippen molar-refractivity contribution >= 4 is 22.9 Å². The van der Waals surface area contributed by atoms with Crippen molar-refractivity contribution in [3.63, 3.8) is 0 Å². The van der Waals surface area contributed by atoms with Crippen molar-refractivity contribution in [3.8, 4) is 5.88 Å². The van der Waals surface area contributed by atoms with Gasteiger partial charge in [0, 0.05) is 18.0 Å². The van der Waals surface area contributed by atoms with Crippen LogP contribution in [-0.2, 0) is 12.8 Å². The van der Waals surface area contributed by atoms with Gasteiger partial charge < -0.3 is 9.64 Å². The molecular weight excluding hydrogens is 308 g/mol. The Morgan fingerprint density at radius 2 is 2.00 bits per heavy atom. The number of amides is 1. The minimum atomic E-state index is 0.0358. The number of anilines is 1.